The van der Waals surface area contributed by atoms with Gasteiger partial charge in [-0.25, -0.2) is 9.78 Å². The molecule has 0 saturated heterocycles. The minimum atomic E-state index is -3.87. The van der Waals surface area contributed by atoms with Gasteiger partial charge in [0.2, 0.25) is 0 Å². The van der Waals surface area contributed by atoms with Gasteiger partial charge in [-0.05, 0) is 24.1 Å². The number of pyridine rings is 1. The summed E-state index contributed by atoms with van der Waals surface area (Å²) >= 11 is 11.2. The molecule has 16 heavy (non-hydrogen) atoms. The number of carboxylic acids is 1. The Morgan fingerprint density at radius 3 is 2.56 bits per heavy atom. The molecular formula is C9H7Cl2F2NO2. The molecule has 0 unspecified atom stereocenters. The quantitative estimate of drug-likeness (QED) is 0.859. The Labute approximate surface area is 100 Å². The van der Waals surface area contributed by atoms with Gasteiger partial charge >= 0.3 is 11.9 Å². The van der Waals surface area contributed by atoms with E-state index in [1.165, 1.54) is 13.0 Å². The Morgan fingerprint density at radius 2 is 2.12 bits per heavy atom. The van der Waals surface area contributed by atoms with Crippen molar-refractivity contribution in [1.29, 1.82) is 0 Å². The van der Waals surface area contributed by atoms with Gasteiger partial charge in [-0.1, -0.05) is 23.2 Å². The Kier molecular flexibility index (Phi) is 3.70. The predicted octanol–water partition coefficient (Wildman–Crippen LogP) is 2.96. The highest BCUT2D eigenvalue weighted by atomic mass is 35.5. The number of rotatable bonds is 3. The average molecular weight is 270 g/mol. The van der Waals surface area contributed by atoms with Crippen molar-refractivity contribution in [2.24, 2.45) is 0 Å². The number of carbonyl (C=O) groups is 1. The highest BCUT2D eigenvalue weighted by Gasteiger charge is 2.40. The molecule has 0 aromatic carbocycles. The number of halogens is 4. The van der Waals surface area contributed by atoms with Crippen LogP contribution in [-0.2, 0) is 11.2 Å². The summed E-state index contributed by atoms with van der Waals surface area (Å²) in [6, 6.07) is 1.35. The van der Waals surface area contributed by atoms with Gasteiger partial charge in [-0.15, -0.1) is 0 Å². The smallest absolute Gasteiger partial charge is 0.374 e. The lowest BCUT2D eigenvalue weighted by Gasteiger charge is -2.13. The van der Waals surface area contributed by atoms with Crippen LogP contribution in [0.15, 0.2) is 6.07 Å². The van der Waals surface area contributed by atoms with Crippen molar-refractivity contribution >= 4 is 29.2 Å². The summed E-state index contributed by atoms with van der Waals surface area (Å²) in [6.45, 7) is 1.51. The van der Waals surface area contributed by atoms with Crippen LogP contribution in [0.5, 0.6) is 0 Å². The van der Waals surface area contributed by atoms with E-state index in [9.17, 15) is 13.6 Å². The topological polar surface area (TPSA) is 50.2 Å². The van der Waals surface area contributed by atoms with Gasteiger partial charge in [0.15, 0.2) is 0 Å². The second kappa shape index (κ2) is 4.51. The summed E-state index contributed by atoms with van der Waals surface area (Å²) in [4.78, 5) is 13.9. The molecule has 0 aliphatic heterocycles. The number of hydrogen-bond acceptors (Lipinski definition) is 2. The van der Waals surface area contributed by atoms with E-state index in [-0.39, 0.29) is 15.9 Å². The zero-order valence-corrected chi connectivity index (χ0v) is 9.61. The number of aryl methyl sites for hydroxylation is 1. The molecule has 0 fully saturated rings. The summed E-state index contributed by atoms with van der Waals surface area (Å²) in [7, 11) is 0. The molecule has 0 amide bonds. The number of carboxylic acid groups (broad SMARTS) is 1. The van der Waals surface area contributed by atoms with E-state index in [0.29, 0.717) is 5.56 Å². The van der Waals surface area contributed by atoms with E-state index in [2.05, 4.69) is 4.98 Å². The zero-order valence-electron chi connectivity index (χ0n) is 8.10. The van der Waals surface area contributed by atoms with E-state index in [1.54, 1.807) is 0 Å². The zero-order chi connectivity index (χ0) is 12.5. The first-order valence-corrected chi connectivity index (χ1v) is 4.92. The van der Waals surface area contributed by atoms with Crippen molar-refractivity contribution in [3.05, 3.63) is 27.5 Å². The lowest BCUT2D eigenvalue weighted by atomic mass is 10.0. The molecule has 3 nitrogen and oxygen atoms in total. The van der Waals surface area contributed by atoms with Gasteiger partial charge in [0.1, 0.15) is 10.3 Å². The van der Waals surface area contributed by atoms with Crippen molar-refractivity contribution in [3.8, 4) is 0 Å². The molecule has 0 atom stereocenters. The molecular weight excluding hydrogens is 263 g/mol. The fraction of sp³-hybridized carbons (Fsp3) is 0.333. The maximum Gasteiger partial charge on any atom is 0.374 e. The predicted molar refractivity (Wildman–Crippen MR) is 55.3 cm³/mol. The Bertz CT molecular complexity index is 415. The van der Waals surface area contributed by atoms with E-state index >= 15 is 0 Å². The van der Waals surface area contributed by atoms with Crippen LogP contribution in [0, 0.1) is 6.92 Å². The highest BCUT2D eigenvalue weighted by Crippen LogP contribution is 2.28. The molecule has 0 bridgehead atoms. The summed E-state index contributed by atoms with van der Waals surface area (Å²) in [5.74, 6) is -6.07. The van der Waals surface area contributed by atoms with E-state index in [4.69, 9.17) is 28.3 Å². The van der Waals surface area contributed by atoms with Crippen molar-refractivity contribution in [2.75, 3.05) is 0 Å². The van der Waals surface area contributed by atoms with Gasteiger partial charge < -0.3 is 5.11 Å². The van der Waals surface area contributed by atoms with Crippen LogP contribution in [-0.4, -0.2) is 22.0 Å². The van der Waals surface area contributed by atoms with Crippen molar-refractivity contribution in [2.45, 2.75) is 19.3 Å². The number of alkyl halides is 2. The minimum Gasteiger partial charge on any atom is -0.477 e. The SMILES string of the molecule is Cc1cc(Cl)nc(Cl)c1CC(F)(F)C(=O)O. The van der Waals surface area contributed by atoms with Gasteiger partial charge in [-0.3, -0.25) is 0 Å². The first-order chi connectivity index (χ1) is 7.24. The van der Waals surface area contributed by atoms with Gasteiger partial charge in [0.25, 0.3) is 0 Å². The molecule has 88 valence electrons. The lowest BCUT2D eigenvalue weighted by molar-refractivity contribution is -0.164. The molecule has 0 saturated carbocycles. The highest BCUT2D eigenvalue weighted by molar-refractivity contribution is 6.33. The van der Waals surface area contributed by atoms with Crippen molar-refractivity contribution in [3.63, 3.8) is 0 Å². The Hall–Kier alpha value is -0.940. The molecule has 0 radical (unpaired) electrons. The normalized spacial score (nSPS) is 11.6. The maximum absolute atomic E-state index is 13.0. The first-order valence-electron chi connectivity index (χ1n) is 4.17. The summed E-state index contributed by atoms with van der Waals surface area (Å²) in [6.07, 6.45) is -1.00. The van der Waals surface area contributed by atoms with Crippen molar-refractivity contribution < 1.29 is 18.7 Å². The van der Waals surface area contributed by atoms with Gasteiger partial charge in [0, 0.05) is 0 Å². The van der Waals surface area contributed by atoms with Crippen LogP contribution in [0.3, 0.4) is 0 Å². The number of nitrogens with zero attached hydrogens (tertiary/aromatic N) is 1. The van der Waals surface area contributed by atoms with Crippen LogP contribution >= 0.6 is 23.2 Å². The molecule has 1 aromatic heterocycles. The van der Waals surface area contributed by atoms with Crippen LogP contribution in [0.4, 0.5) is 8.78 Å². The largest absolute Gasteiger partial charge is 0.477 e. The second-order valence-electron chi connectivity index (χ2n) is 3.22. The molecule has 1 heterocycles. The fourth-order valence-electron chi connectivity index (χ4n) is 1.13. The first kappa shape index (κ1) is 13.1. The Balaban J connectivity index is 3.11. The van der Waals surface area contributed by atoms with Crippen LogP contribution in [0.1, 0.15) is 11.1 Å². The third-order valence-corrected chi connectivity index (χ3v) is 2.48. The standard InChI is InChI=1S/C9H7Cl2F2NO2/c1-4-2-6(10)14-7(11)5(4)3-9(12,13)8(15)16/h2H,3H2,1H3,(H,15,16). The van der Waals surface area contributed by atoms with Gasteiger partial charge in [-0.2, -0.15) is 8.78 Å². The molecule has 0 aliphatic rings. The van der Waals surface area contributed by atoms with Crippen molar-refractivity contribution in [1.82, 2.24) is 4.98 Å². The third-order valence-electron chi connectivity index (χ3n) is 1.98. The number of aliphatic carboxylic acids is 1. The molecule has 0 spiro atoms. The second-order valence-corrected chi connectivity index (χ2v) is 3.96. The summed E-state index contributed by atoms with van der Waals surface area (Å²) in [5.41, 5.74) is 0.365. The Morgan fingerprint density at radius 1 is 1.56 bits per heavy atom. The number of aromatic nitrogens is 1. The maximum atomic E-state index is 13.0. The van der Waals surface area contributed by atoms with E-state index in [1.807, 2.05) is 0 Å². The van der Waals surface area contributed by atoms with Crippen LogP contribution in [0.25, 0.3) is 0 Å². The number of hydrogen-bond donors (Lipinski definition) is 1. The molecule has 1 N–H and O–H groups in total. The van der Waals surface area contributed by atoms with E-state index in [0.717, 1.165) is 0 Å². The molecule has 1 rings (SSSR count). The summed E-state index contributed by atoms with van der Waals surface area (Å²) < 4.78 is 25.9. The van der Waals surface area contributed by atoms with Crippen LogP contribution in [0.2, 0.25) is 10.3 Å². The third kappa shape index (κ3) is 2.80. The monoisotopic (exact) mass is 269 g/mol. The minimum absolute atomic E-state index is 0.0153. The van der Waals surface area contributed by atoms with E-state index < -0.39 is 18.3 Å². The average Bonchev–Trinajstić information content (AvgIpc) is 2.11. The summed E-state index contributed by atoms with van der Waals surface area (Å²) in [5, 5.41) is 8.17. The molecule has 1 aromatic rings. The molecule has 7 heteroatoms. The molecule has 0 aliphatic carbocycles. The fourth-order valence-corrected chi connectivity index (χ4v) is 1.73. The van der Waals surface area contributed by atoms with Crippen LogP contribution < -0.4 is 0 Å². The lowest BCUT2D eigenvalue weighted by Crippen LogP contribution is -2.31. The van der Waals surface area contributed by atoms with Gasteiger partial charge in [0.05, 0.1) is 6.42 Å².